The summed E-state index contributed by atoms with van der Waals surface area (Å²) in [5.74, 6) is 0.567. The first-order valence-corrected chi connectivity index (χ1v) is 28.8. The van der Waals surface area contributed by atoms with Gasteiger partial charge in [-0.15, -0.1) is 0 Å². The van der Waals surface area contributed by atoms with Crippen LogP contribution in [0.3, 0.4) is 0 Å². The molecule has 0 fully saturated rings. The largest absolute Gasteiger partial charge is 0.309 e. The maximum Gasteiger partial charge on any atom is 0.189 e. The van der Waals surface area contributed by atoms with Crippen molar-refractivity contribution < 1.29 is 0 Å². The fourth-order valence-corrected chi connectivity index (χ4v) is 12.2. The van der Waals surface area contributed by atoms with Gasteiger partial charge in [-0.1, -0.05) is 121 Å². The molecule has 0 N–H and O–H groups in total. The van der Waals surface area contributed by atoms with Crippen LogP contribution >= 0.6 is 0 Å². The number of aromatic nitrogens is 5. The molecule has 3 aromatic heterocycles. The number of fused-ring (bicyclic) bond motifs is 6. The fourth-order valence-electron chi connectivity index (χ4n) is 12.2. The maximum absolute atomic E-state index is 10.8. The monoisotopic (exact) mass is 1190 g/mol. The van der Waals surface area contributed by atoms with Crippen molar-refractivity contribution in [1.29, 1.82) is 21.0 Å². The number of rotatable bonds is 9. The van der Waals surface area contributed by atoms with Crippen molar-refractivity contribution in [3.05, 3.63) is 303 Å². The van der Waals surface area contributed by atoms with E-state index in [4.69, 9.17) is 54.4 Å². The Balaban J connectivity index is 1.07. The Hall–Kier alpha value is -15.1. The molecule has 14 rings (SSSR count). The summed E-state index contributed by atoms with van der Waals surface area (Å²) in [7, 11) is 0. The lowest BCUT2D eigenvalue weighted by atomic mass is 9.99. The molecule has 11 aromatic carbocycles. The van der Waals surface area contributed by atoms with Gasteiger partial charge in [-0.05, 0) is 136 Å². The van der Waals surface area contributed by atoms with Gasteiger partial charge >= 0.3 is 0 Å². The van der Waals surface area contributed by atoms with Gasteiger partial charge in [-0.3, -0.25) is 0 Å². The van der Waals surface area contributed by atoms with Gasteiger partial charge in [0.1, 0.15) is 0 Å². The van der Waals surface area contributed by atoms with Crippen LogP contribution in [0, 0.1) is 84.8 Å². The van der Waals surface area contributed by atoms with Crippen LogP contribution in [0.5, 0.6) is 0 Å². The molecule has 94 heavy (non-hydrogen) atoms. The molecule has 0 unspecified atom stereocenters. The van der Waals surface area contributed by atoms with Gasteiger partial charge in [0.25, 0.3) is 0 Å². The zero-order chi connectivity index (χ0) is 64.7. The zero-order valence-electron chi connectivity index (χ0n) is 48.9. The van der Waals surface area contributed by atoms with Gasteiger partial charge in [0.2, 0.25) is 0 Å². The summed E-state index contributed by atoms with van der Waals surface area (Å²) in [6.45, 7) is 47.9. The standard InChI is InChI=1S/C79H35N15/c1-84-59-17-23-72(94-74-36-52(56-27-49(45-83)28-60(30-56)85-2)14-19-66(74)68-21-16-54(38-76(68)94)58-33-63(88-5)40-64(34-58)89-6)70(41-59)79-91-77(50-10-8-7-9-11-50)90-78(92-79)69-29-46(42-80)12-22-71(69)93-73-35-51(55-25-47(43-81)24-48(26-55)44-82)13-18-65(73)67-20-15-53(37-75(67)93)57-31-61(86-3)39-62(32-57)87-4/h7-41H. The molecular formula is C79H35N15. The fraction of sp³-hybridized carbons (Fsp3) is 0. The van der Waals surface area contributed by atoms with E-state index in [9.17, 15) is 21.0 Å². The highest BCUT2D eigenvalue weighted by Gasteiger charge is 2.25. The molecule has 0 spiro atoms. The van der Waals surface area contributed by atoms with E-state index >= 15 is 0 Å². The van der Waals surface area contributed by atoms with Crippen molar-refractivity contribution >= 4 is 77.7 Å². The lowest BCUT2D eigenvalue weighted by Gasteiger charge is -2.18. The molecule has 0 atom stereocenters. The van der Waals surface area contributed by atoms with Crippen LogP contribution in [0.4, 0.5) is 34.1 Å². The molecule has 0 amide bonds. The first-order valence-electron chi connectivity index (χ1n) is 28.8. The molecule has 0 radical (unpaired) electrons. The van der Waals surface area contributed by atoms with Gasteiger partial charge in [-0.25, -0.2) is 44.0 Å². The number of nitrogens with zero attached hydrogens (tertiary/aromatic N) is 15. The molecule has 0 saturated carbocycles. The third-order valence-electron chi connectivity index (χ3n) is 16.4. The normalized spacial score (nSPS) is 10.7. The summed E-state index contributed by atoms with van der Waals surface area (Å²) in [5.41, 5.74) is 13.7. The van der Waals surface area contributed by atoms with Crippen molar-refractivity contribution in [3.63, 3.8) is 0 Å². The summed E-state index contributed by atoms with van der Waals surface area (Å²) in [6, 6.07) is 72.6. The minimum Gasteiger partial charge on any atom is -0.309 e. The highest BCUT2D eigenvalue weighted by atomic mass is 15.1. The molecule has 3 heterocycles. The maximum atomic E-state index is 10.8. The Morgan fingerprint density at radius 1 is 0.266 bits per heavy atom. The van der Waals surface area contributed by atoms with E-state index in [1.165, 1.54) is 6.07 Å². The minimum absolute atomic E-state index is 0.152. The highest BCUT2D eigenvalue weighted by Crippen LogP contribution is 2.45. The first kappa shape index (κ1) is 56.7. The minimum atomic E-state index is 0.152. The van der Waals surface area contributed by atoms with Crippen LogP contribution in [0.1, 0.15) is 22.3 Å². The molecule has 0 aliphatic rings. The molecule has 0 aliphatic heterocycles. The van der Waals surface area contributed by atoms with Crippen molar-refractivity contribution in [2.24, 2.45) is 0 Å². The van der Waals surface area contributed by atoms with E-state index in [0.717, 1.165) is 21.5 Å². The van der Waals surface area contributed by atoms with Gasteiger partial charge < -0.3 is 9.13 Å². The third kappa shape index (κ3) is 9.97. The number of hydrogen-bond acceptors (Lipinski definition) is 7. The third-order valence-corrected chi connectivity index (χ3v) is 16.4. The predicted octanol–water partition coefficient (Wildman–Crippen LogP) is 20.5. The van der Waals surface area contributed by atoms with Gasteiger partial charge in [0.05, 0.1) is 114 Å². The molecule has 14 aromatic rings. The van der Waals surface area contributed by atoms with Crippen LogP contribution < -0.4 is 0 Å². The van der Waals surface area contributed by atoms with E-state index in [-0.39, 0.29) is 28.7 Å². The second-order valence-corrected chi connectivity index (χ2v) is 21.9. The van der Waals surface area contributed by atoms with E-state index in [1.54, 1.807) is 91.0 Å². The summed E-state index contributed by atoms with van der Waals surface area (Å²) in [4.78, 5) is 38.3. The SMILES string of the molecule is [C-]#[N+]c1cc(C#N)cc(-c2ccc3c4ccc(-c5cc([N+]#[C-])cc([N+]#[C-])c5)cc4n(-c4ccc([N+]#[C-])cc4-c4nc(-c5ccccc5)nc(-c5cc(C#N)ccc5-n5c6cc(-c7cc(C#N)cc(C#N)c7)ccc6c6ccc(-c7cc([N+]#[C-])cc([N+]#[C-])c7)cc65)n4)c3c2)c1. The van der Waals surface area contributed by atoms with Crippen LogP contribution in [0.15, 0.2) is 212 Å². The van der Waals surface area contributed by atoms with Crippen LogP contribution in [0.2, 0.25) is 0 Å². The number of nitriles is 4. The Bertz CT molecular complexity index is 5390. The van der Waals surface area contributed by atoms with Crippen molar-refractivity contribution in [2.75, 3.05) is 0 Å². The van der Waals surface area contributed by atoms with Crippen molar-refractivity contribution in [3.8, 4) is 114 Å². The number of hydrogen-bond donors (Lipinski definition) is 0. The smallest absolute Gasteiger partial charge is 0.189 e. The predicted molar refractivity (Wildman–Crippen MR) is 363 cm³/mol. The lowest BCUT2D eigenvalue weighted by Crippen LogP contribution is -2.06. The average molecular weight is 1190 g/mol. The topological polar surface area (TPSA) is 170 Å². The molecule has 15 heteroatoms. The summed E-state index contributed by atoms with van der Waals surface area (Å²) in [6.07, 6.45) is 0. The first-order chi connectivity index (χ1) is 46.0. The van der Waals surface area contributed by atoms with Crippen LogP contribution in [-0.2, 0) is 0 Å². The Labute approximate surface area is 537 Å². The zero-order valence-corrected chi connectivity index (χ0v) is 48.9. The van der Waals surface area contributed by atoms with E-state index in [0.29, 0.717) is 140 Å². The highest BCUT2D eigenvalue weighted by molar-refractivity contribution is 6.13. The summed E-state index contributed by atoms with van der Waals surface area (Å²) < 4.78 is 4.11. The van der Waals surface area contributed by atoms with Gasteiger partial charge in [0, 0.05) is 43.8 Å². The molecule has 15 nitrogen and oxygen atoms in total. The van der Waals surface area contributed by atoms with Crippen LogP contribution in [-0.4, -0.2) is 24.1 Å². The van der Waals surface area contributed by atoms with E-state index in [1.807, 2.05) is 120 Å². The Morgan fingerprint density at radius 3 is 1.02 bits per heavy atom. The molecule has 0 saturated heterocycles. The van der Waals surface area contributed by atoms with Crippen molar-refractivity contribution in [1.82, 2.24) is 24.1 Å². The molecular weight excluding hydrogens is 1160 g/mol. The lowest BCUT2D eigenvalue weighted by molar-refractivity contribution is 1.06. The second-order valence-electron chi connectivity index (χ2n) is 21.9. The second kappa shape index (κ2) is 23.2. The van der Waals surface area contributed by atoms with E-state index in [2.05, 4.69) is 57.9 Å². The molecule has 0 bridgehead atoms. The molecule has 0 aliphatic carbocycles. The average Bonchev–Trinajstić information content (AvgIpc) is 1.55. The summed E-state index contributed by atoms with van der Waals surface area (Å²) in [5, 5.41) is 44.4. The quantitative estimate of drug-likeness (QED) is 0.129. The molecule has 426 valence electrons. The van der Waals surface area contributed by atoms with Gasteiger partial charge in [0.15, 0.2) is 51.6 Å². The van der Waals surface area contributed by atoms with Crippen molar-refractivity contribution in [2.45, 2.75) is 0 Å². The Morgan fingerprint density at radius 2 is 0.617 bits per heavy atom. The Kier molecular flexibility index (Phi) is 14.0. The van der Waals surface area contributed by atoms with Crippen LogP contribution in [0.25, 0.3) is 163 Å². The van der Waals surface area contributed by atoms with E-state index < -0.39 is 0 Å². The summed E-state index contributed by atoms with van der Waals surface area (Å²) >= 11 is 0. The number of benzene rings is 11. The van der Waals surface area contributed by atoms with Gasteiger partial charge in [-0.2, -0.15) is 21.0 Å².